The molecule has 45 heavy (non-hydrogen) atoms. The predicted octanol–water partition coefficient (Wildman–Crippen LogP) is 8.05. The van der Waals surface area contributed by atoms with Crippen LogP contribution in [0.15, 0.2) is 66.0 Å². The van der Waals surface area contributed by atoms with Gasteiger partial charge in [0, 0.05) is 33.0 Å². The minimum atomic E-state index is -0.581. The summed E-state index contributed by atoms with van der Waals surface area (Å²) in [5.74, 6) is -0.546. The quantitative estimate of drug-likeness (QED) is 0.144. The number of nitrogens with one attached hydrogen (secondary N) is 1. The number of piperidine rings is 1. The van der Waals surface area contributed by atoms with Gasteiger partial charge < -0.3 is 14.5 Å². The monoisotopic (exact) mass is 673 g/mol. The van der Waals surface area contributed by atoms with Crippen molar-refractivity contribution in [2.75, 3.05) is 34.3 Å². The van der Waals surface area contributed by atoms with Crippen LogP contribution in [0.25, 0.3) is 5.69 Å². The van der Waals surface area contributed by atoms with E-state index in [0.29, 0.717) is 21.6 Å². The summed E-state index contributed by atoms with van der Waals surface area (Å²) in [5.41, 5.74) is 2.33. The molecule has 6 nitrogen and oxygen atoms in total. The predicted molar refractivity (Wildman–Crippen MR) is 177 cm³/mol. The second-order valence-electron chi connectivity index (χ2n) is 12.6. The molecule has 1 aliphatic heterocycles. The number of likely N-dealkylation sites (tertiary alicyclic amines) is 1. The number of rotatable bonds is 9. The number of imidazole rings is 1. The van der Waals surface area contributed by atoms with E-state index in [2.05, 4.69) is 33.3 Å². The highest BCUT2D eigenvalue weighted by molar-refractivity contribution is 7.98. The van der Waals surface area contributed by atoms with Crippen molar-refractivity contribution >= 4 is 40.9 Å². The molecule has 1 atom stereocenters. The Balaban J connectivity index is 1.42. The summed E-state index contributed by atoms with van der Waals surface area (Å²) in [4.78, 5) is 17.7. The van der Waals surface area contributed by atoms with Gasteiger partial charge >= 0.3 is 0 Å². The number of methoxy groups -OCH3 is 1. The molecule has 0 aliphatic carbocycles. The van der Waals surface area contributed by atoms with Crippen LogP contribution in [0.5, 0.6) is 5.75 Å². The molecule has 0 saturated carbocycles. The zero-order chi connectivity index (χ0) is 32.5. The van der Waals surface area contributed by atoms with Crippen molar-refractivity contribution in [3.05, 3.63) is 105 Å². The van der Waals surface area contributed by atoms with Gasteiger partial charge in [-0.2, -0.15) is 0 Å². The fourth-order valence-corrected chi connectivity index (χ4v) is 7.43. The molecule has 3 aromatic carbocycles. The van der Waals surface area contributed by atoms with Gasteiger partial charge in [-0.25, -0.2) is 13.8 Å². The maximum absolute atomic E-state index is 15.5. The van der Waals surface area contributed by atoms with Crippen LogP contribution in [0.4, 0.5) is 8.78 Å². The highest BCUT2D eigenvalue weighted by Gasteiger charge is 2.31. The number of carbonyl (C=O) groups is 1. The Labute approximate surface area is 277 Å². The Kier molecular flexibility index (Phi) is 9.84. The van der Waals surface area contributed by atoms with Gasteiger partial charge in [0.25, 0.3) is 5.91 Å². The molecule has 4 aromatic rings. The van der Waals surface area contributed by atoms with E-state index in [9.17, 15) is 9.18 Å². The molecule has 1 aromatic heterocycles. The lowest BCUT2D eigenvalue weighted by Gasteiger charge is -2.38. The molecular weight excluding hydrogens is 637 g/mol. The number of nitrogens with zero attached hydrogens (tertiary/aromatic N) is 3. The third-order valence-electron chi connectivity index (χ3n) is 8.44. The number of hydrogen-bond donors (Lipinski definition) is 1. The molecule has 0 radical (unpaired) electrons. The first-order chi connectivity index (χ1) is 21.3. The van der Waals surface area contributed by atoms with Gasteiger partial charge in [-0.3, -0.25) is 9.36 Å². The van der Waals surface area contributed by atoms with Crippen molar-refractivity contribution < 1.29 is 22.8 Å². The first kappa shape index (κ1) is 33.3. The van der Waals surface area contributed by atoms with Gasteiger partial charge in [0.05, 0.1) is 57.2 Å². The number of carbonyl (C=O) groups excluding carboxylic acids is 1. The van der Waals surface area contributed by atoms with Gasteiger partial charge in [-0.15, -0.1) is 0 Å². The summed E-state index contributed by atoms with van der Waals surface area (Å²) in [6, 6.07) is 14.5. The largest absolute Gasteiger partial charge is 0.495 e. The molecule has 1 aliphatic rings. The smallest absolute Gasteiger partial charge is 0.251 e. The zero-order valence-electron chi connectivity index (χ0n) is 26.0. The SMILES string of the molecule is COc1cc(C(C)(C)c2cnc(SCc3c(F)cc(C(=O)NC4CCC[N+](C)(C)C4)cc3Cl)n2-c2ccc(F)cc2)ccc1Cl. The number of likely N-dealkylation sites (N-methyl/N-ethyl adjacent to an activating group) is 1. The van der Waals surface area contributed by atoms with Crippen LogP contribution in [0.2, 0.25) is 10.0 Å². The Bertz CT molecular complexity index is 1690. The van der Waals surface area contributed by atoms with Crippen LogP contribution >= 0.6 is 35.0 Å². The van der Waals surface area contributed by atoms with Crippen LogP contribution in [0.1, 0.15) is 53.9 Å². The summed E-state index contributed by atoms with van der Waals surface area (Å²) >= 11 is 14.2. The number of thioether (sulfide) groups is 1. The summed E-state index contributed by atoms with van der Waals surface area (Å²) in [5, 5.41) is 4.29. The van der Waals surface area contributed by atoms with Crippen LogP contribution in [-0.2, 0) is 11.2 Å². The van der Waals surface area contributed by atoms with Crippen LogP contribution in [-0.4, -0.2) is 60.3 Å². The van der Waals surface area contributed by atoms with Crippen molar-refractivity contribution in [2.45, 2.75) is 49.1 Å². The van der Waals surface area contributed by atoms with Crippen molar-refractivity contribution in [2.24, 2.45) is 0 Å². The van der Waals surface area contributed by atoms with Gasteiger partial charge in [0.2, 0.25) is 0 Å². The zero-order valence-corrected chi connectivity index (χ0v) is 28.3. The maximum atomic E-state index is 15.5. The van der Waals surface area contributed by atoms with E-state index in [4.69, 9.17) is 32.9 Å². The molecule has 238 valence electrons. The number of aromatic nitrogens is 2. The number of hydrogen-bond acceptors (Lipinski definition) is 4. The molecule has 1 saturated heterocycles. The number of ether oxygens (including phenoxy) is 1. The van der Waals surface area contributed by atoms with E-state index < -0.39 is 11.2 Å². The third-order valence-corrected chi connectivity index (χ3v) is 10.1. The number of quaternary nitrogens is 1. The van der Waals surface area contributed by atoms with E-state index in [0.717, 1.165) is 41.7 Å². The minimum Gasteiger partial charge on any atom is -0.495 e. The summed E-state index contributed by atoms with van der Waals surface area (Å²) in [7, 11) is 5.85. The molecule has 2 heterocycles. The van der Waals surface area contributed by atoms with Crippen LogP contribution in [0, 0.1) is 11.6 Å². The highest BCUT2D eigenvalue weighted by Crippen LogP contribution is 2.39. The standard InChI is InChI=1S/C34H36Cl2F2N4O2S/c1-34(2,22-8-13-27(35)30(17-22)44-5)31-18-39-33(41(31)25-11-9-23(37)10-12-25)45-20-26-28(36)15-21(16-29(26)38)32(43)40-24-7-6-14-42(3,4)19-24/h8-13,15-18,24H,6-7,14,19-20H2,1-5H3/p+1. The molecule has 1 amide bonds. The van der Waals surface area contributed by atoms with Crippen molar-refractivity contribution in [3.8, 4) is 11.4 Å². The van der Waals surface area contributed by atoms with E-state index in [1.165, 1.54) is 36.0 Å². The molecular formula is C34H37Cl2F2N4O2S+. The first-order valence-electron chi connectivity index (χ1n) is 14.7. The minimum absolute atomic E-state index is 0.0241. The summed E-state index contributed by atoms with van der Waals surface area (Å²) in [6.07, 6.45) is 3.68. The fraction of sp³-hybridized carbons (Fsp3) is 0.353. The van der Waals surface area contributed by atoms with Crippen LogP contribution in [0.3, 0.4) is 0 Å². The van der Waals surface area contributed by atoms with Gasteiger partial charge in [0.1, 0.15) is 17.4 Å². The first-order valence-corrected chi connectivity index (χ1v) is 16.4. The Morgan fingerprint density at radius 2 is 1.84 bits per heavy atom. The Morgan fingerprint density at radius 3 is 2.51 bits per heavy atom. The van der Waals surface area contributed by atoms with Crippen molar-refractivity contribution in [1.29, 1.82) is 0 Å². The molecule has 5 rings (SSSR count). The average Bonchev–Trinajstić information content (AvgIpc) is 3.41. The normalized spacial score (nSPS) is 16.4. The van der Waals surface area contributed by atoms with E-state index in [-0.39, 0.29) is 39.7 Å². The second kappa shape index (κ2) is 13.3. The van der Waals surface area contributed by atoms with E-state index in [1.807, 2.05) is 16.7 Å². The lowest BCUT2D eigenvalue weighted by Crippen LogP contribution is -2.55. The number of halogens is 4. The van der Waals surface area contributed by atoms with E-state index >= 15 is 4.39 Å². The third kappa shape index (κ3) is 7.32. The molecule has 1 N–H and O–H groups in total. The average molecular weight is 675 g/mol. The van der Waals surface area contributed by atoms with Gasteiger partial charge in [0.15, 0.2) is 5.16 Å². The number of benzene rings is 3. The molecule has 0 bridgehead atoms. The second-order valence-corrected chi connectivity index (χ2v) is 14.3. The lowest BCUT2D eigenvalue weighted by atomic mass is 9.81. The molecule has 1 unspecified atom stereocenters. The topological polar surface area (TPSA) is 56.1 Å². The lowest BCUT2D eigenvalue weighted by molar-refractivity contribution is -0.896. The maximum Gasteiger partial charge on any atom is 0.251 e. The Hall–Kier alpha value is -3.11. The summed E-state index contributed by atoms with van der Waals surface area (Å²) in [6.45, 7) is 5.98. The Morgan fingerprint density at radius 1 is 1.11 bits per heavy atom. The molecule has 11 heteroatoms. The van der Waals surface area contributed by atoms with E-state index in [1.54, 1.807) is 31.5 Å². The summed E-state index contributed by atoms with van der Waals surface area (Å²) < 4.78 is 37.6. The van der Waals surface area contributed by atoms with Gasteiger partial charge in [-0.05, 0) is 66.9 Å². The van der Waals surface area contributed by atoms with Crippen molar-refractivity contribution in [3.63, 3.8) is 0 Å². The molecule has 1 fully saturated rings. The van der Waals surface area contributed by atoms with Gasteiger partial charge in [-0.1, -0.05) is 54.9 Å². The van der Waals surface area contributed by atoms with Crippen LogP contribution < -0.4 is 10.1 Å². The molecule has 0 spiro atoms. The fourth-order valence-electron chi connectivity index (χ4n) is 5.85. The van der Waals surface area contributed by atoms with Crippen molar-refractivity contribution in [1.82, 2.24) is 14.9 Å². The number of amides is 1. The highest BCUT2D eigenvalue weighted by atomic mass is 35.5.